The lowest BCUT2D eigenvalue weighted by Crippen LogP contribution is -2.04. The van der Waals surface area contributed by atoms with E-state index in [1.165, 1.54) is 25.5 Å². The Morgan fingerprint density at radius 2 is 1.15 bits per heavy atom. The lowest BCUT2D eigenvalue weighted by Gasteiger charge is -2.12. The molecular formula is C25H32O6S3. The van der Waals surface area contributed by atoms with E-state index in [1.807, 2.05) is 35.3 Å². The summed E-state index contributed by atoms with van der Waals surface area (Å²) in [6.07, 6.45) is 0.978. The van der Waals surface area contributed by atoms with Crippen molar-refractivity contribution in [2.75, 3.05) is 76.7 Å². The molecule has 0 radical (unpaired) electrons. The van der Waals surface area contributed by atoms with Crippen LogP contribution >= 0.6 is 35.3 Å². The van der Waals surface area contributed by atoms with Crippen LogP contribution < -0.4 is 0 Å². The van der Waals surface area contributed by atoms with Gasteiger partial charge in [0.15, 0.2) is 0 Å². The molecule has 0 spiro atoms. The van der Waals surface area contributed by atoms with E-state index in [1.54, 1.807) is 0 Å². The number of thioether (sulfide) groups is 3. The number of benzene rings is 2. The Morgan fingerprint density at radius 3 is 1.71 bits per heavy atom. The van der Waals surface area contributed by atoms with Crippen LogP contribution in [0.2, 0.25) is 0 Å². The molecule has 0 N–H and O–H groups in total. The second kappa shape index (κ2) is 13.2. The zero-order chi connectivity index (χ0) is 23.0. The molecule has 0 saturated carbocycles. The second-order valence-corrected chi connectivity index (χ2v) is 11.9. The van der Waals surface area contributed by atoms with E-state index in [-0.39, 0.29) is 0 Å². The first kappa shape index (κ1) is 25.2. The van der Waals surface area contributed by atoms with Gasteiger partial charge in [0, 0.05) is 31.9 Å². The summed E-state index contributed by atoms with van der Waals surface area (Å²) in [6.45, 7) is 6.90. The summed E-state index contributed by atoms with van der Waals surface area (Å²) in [7, 11) is 0. The molecule has 6 nitrogen and oxygen atoms in total. The quantitative estimate of drug-likeness (QED) is 0.161. The van der Waals surface area contributed by atoms with Crippen LogP contribution in [0.15, 0.2) is 45.0 Å². The smallest absolute Gasteiger partial charge is 0.104 e. The minimum absolute atomic E-state index is 0.322. The normalized spacial score (nSPS) is 22.9. The van der Waals surface area contributed by atoms with Crippen LogP contribution in [0, 0.1) is 0 Å². The summed E-state index contributed by atoms with van der Waals surface area (Å²) in [5, 5.41) is 2.58. The van der Waals surface area contributed by atoms with E-state index in [9.17, 15) is 0 Å². The van der Waals surface area contributed by atoms with Gasteiger partial charge in [-0.2, -0.15) is 0 Å². The molecule has 186 valence electrons. The van der Waals surface area contributed by atoms with Crippen LogP contribution in [0.3, 0.4) is 0 Å². The molecule has 0 bridgehead atoms. The van der Waals surface area contributed by atoms with Crippen LogP contribution in [-0.2, 0) is 28.4 Å². The van der Waals surface area contributed by atoms with Crippen molar-refractivity contribution in [3.8, 4) is 0 Å². The molecule has 3 heterocycles. The molecule has 3 atom stereocenters. The monoisotopic (exact) mass is 524 g/mol. The molecule has 9 heteroatoms. The molecule has 3 saturated heterocycles. The van der Waals surface area contributed by atoms with Crippen molar-refractivity contribution in [3.63, 3.8) is 0 Å². The number of epoxide rings is 3. The van der Waals surface area contributed by atoms with Gasteiger partial charge in [-0.25, -0.2) is 0 Å². The van der Waals surface area contributed by atoms with E-state index in [0.29, 0.717) is 38.1 Å². The Balaban J connectivity index is 1.16. The third-order valence-corrected chi connectivity index (χ3v) is 8.37. The van der Waals surface area contributed by atoms with Gasteiger partial charge in [-0.05, 0) is 35.0 Å². The Morgan fingerprint density at radius 1 is 0.647 bits per heavy atom. The van der Waals surface area contributed by atoms with Crippen LogP contribution in [0.5, 0.6) is 0 Å². The van der Waals surface area contributed by atoms with Crippen molar-refractivity contribution < 1.29 is 28.4 Å². The van der Waals surface area contributed by atoms with Gasteiger partial charge >= 0.3 is 0 Å². The van der Waals surface area contributed by atoms with Gasteiger partial charge in [0.2, 0.25) is 0 Å². The van der Waals surface area contributed by atoms with Crippen LogP contribution in [0.4, 0.5) is 0 Å². The highest BCUT2D eigenvalue weighted by Crippen LogP contribution is 2.35. The van der Waals surface area contributed by atoms with Gasteiger partial charge in [0.05, 0.1) is 59.5 Å². The summed E-state index contributed by atoms with van der Waals surface area (Å²) in [4.78, 5) is 3.86. The molecule has 3 aliphatic heterocycles. The SMILES string of the molecule is c1cc2c(SCCOCC3CO3)cc(SCCOCC3CO3)cc2cc1SCCOCC1CO1. The van der Waals surface area contributed by atoms with Crippen molar-refractivity contribution in [1.82, 2.24) is 0 Å². The van der Waals surface area contributed by atoms with Gasteiger partial charge in [-0.15, -0.1) is 35.3 Å². The van der Waals surface area contributed by atoms with Crippen molar-refractivity contribution in [2.45, 2.75) is 33.0 Å². The second-order valence-electron chi connectivity index (χ2n) is 8.44. The maximum Gasteiger partial charge on any atom is 0.104 e. The number of ether oxygens (including phenoxy) is 6. The maximum absolute atomic E-state index is 5.74. The fraction of sp³-hybridized carbons (Fsp3) is 0.600. The first-order chi connectivity index (χ1) is 16.8. The highest BCUT2D eigenvalue weighted by atomic mass is 32.2. The van der Waals surface area contributed by atoms with Crippen LogP contribution in [-0.4, -0.2) is 95.0 Å². The standard InChI is InChI=1S/C25H32O6S3/c1-2-24-18(9-22(1)32-6-3-26-12-19-15-29-19)10-23(33-7-4-27-13-20-16-30-20)11-25(24)34-8-5-28-14-21-17-31-21/h1-2,9-11,19-21H,3-8,12-17H2. The summed E-state index contributed by atoms with van der Waals surface area (Å²) < 4.78 is 32.7. The third-order valence-electron chi connectivity index (χ3n) is 5.46. The van der Waals surface area contributed by atoms with E-state index >= 15 is 0 Å². The van der Waals surface area contributed by atoms with Gasteiger partial charge in [-0.3, -0.25) is 0 Å². The summed E-state index contributed by atoms with van der Waals surface area (Å²) in [5.41, 5.74) is 0. The predicted octanol–water partition coefficient (Wildman–Crippen LogP) is 4.36. The van der Waals surface area contributed by atoms with Gasteiger partial charge in [0.1, 0.15) is 18.3 Å². The molecule has 0 aromatic heterocycles. The number of rotatable bonds is 18. The predicted molar refractivity (Wildman–Crippen MR) is 138 cm³/mol. The summed E-state index contributed by atoms with van der Waals surface area (Å²) >= 11 is 5.56. The van der Waals surface area contributed by atoms with Gasteiger partial charge in [-0.1, -0.05) is 6.07 Å². The van der Waals surface area contributed by atoms with Crippen molar-refractivity contribution in [2.24, 2.45) is 0 Å². The Hall–Kier alpha value is -0.490. The fourth-order valence-corrected chi connectivity index (χ4v) is 6.07. The molecule has 2 aromatic rings. The fourth-order valence-electron chi connectivity index (χ4n) is 3.36. The maximum atomic E-state index is 5.74. The number of hydrogen-bond donors (Lipinski definition) is 0. The minimum atomic E-state index is 0.322. The van der Waals surface area contributed by atoms with Crippen LogP contribution in [0.25, 0.3) is 10.8 Å². The van der Waals surface area contributed by atoms with Crippen molar-refractivity contribution in [1.29, 1.82) is 0 Å². The van der Waals surface area contributed by atoms with Gasteiger partial charge < -0.3 is 28.4 Å². The molecular weight excluding hydrogens is 492 g/mol. The highest BCUT2D eigenvalue weighted by Gasteiger charge is 2.23. The number of fused-ring (bicyclic) bond motifs is 1. The molecule has 3 fully saturated rings. The lowest BCUT2D eigenvalue weighted by molar-refractivity contribution is 0.130. The van der Waals surface area contributed by atoms with Crippen molar-refractivity contribution >= 4 is 46.1 Å². The largest absolute Gasteiger partial charge is 0.378 e. The first-order valence-corrected chi connectivity index (χ1v) is 14.8. The Kier molecular flexibility index (Phi) is 9.75. The topological polar surface area (TPSA) is 65.3 Å². The molecule has 0 amide bonds. The summed E-state index contributed by atoms with van der Waals surface area (Å²) in [6, 6.07) is 11.4. The van der Waals surface area contributed by atoms with E-state index in [0.717, 1.165) is 56.9 Å². The average Bonchev–Trinajstić information content (AvgIpc) is 3.68. The number of hydrogen-bond acceptors (Lipinski definition) is 9. The van der Waals surface area contributed by atoms with E-state index < -0.39 is 0 Å². The molecule has 3 aliphatic rings. The lowest BCUT2D eigenvalue weighted by atomic mass is 10.1. The van der Waals surface area contributed by atoms with Crippen LogP contribution in [0.1, 0.15) is 0 Å². The molecule has 2 aromatic carbocycles. The Bertz CT molecular complexity index is 912. The van der Waals surface area contributed by atoms with Gasteiger partial charge in [0.25, 0.3) is 0 Å². The molecule has 34 heavy (non-hydrogen) atoms. The molecule has 5 rings (SSSR count). The van der Waals surface area contributed by atoms with E-state index in [4.69, 9.17) is 28.4 Å². The third kappa shape index (κ3) is 8.87. The zero-order valence-electron chi connectivity index (χ0n) is 19.3. The highest BCUT2D eigenvalue weighted by molar-refractivity contribution is 8.00. The average molecular weight is 525 g/mol. The first-order valence-electron chi connectivity index (χ1n) is 11.9. The Labute approximate surface area is 214 Å². The zero-order valence-corrected chi connectivity index (χ0v) is 21.7. The van der Waals surface area contributed by atoms with E-state index in [2.05, 4.69) is 30.3 Å². The van der Waals surface area contributed by atoms with Crippen molar-refractivity contribution in [3.05, 3.63) is 30.3 Å². The minimum Gasteiger partial charge on any atom is -0.378 e. The molecule has 0 aliphatic carbocycles. The molecule has 3 unspecified atom stereocenters. The summed E-state index contributed by atoms with van der Waals surface area (Å²) in [5.74, 6) is 2.81.